The second-order valence-electron chi connectivity index (χ2n) is 13.5. The maximum absolute atomic E-state index is 15.6. The molecule has 2 N–H and O–H groups in total. The van der Waals surface area contributed by atoms with Crippen molar-refractivity contribution in [3.8, 4) is 6.07 Å². The van der Waals surface area contributed by atoms with E-state index in [0.717, 1.165) is 17.8 Å². The van der Waals surface area contributed by atoms with E-state index < -0.39 is 53.7 Å². The predicted octanol–water partition coefficient (Wildman–Crippen LogP) is 6.06. The summed E-state index contributed by atoms with van der Waals surface area (Å²) in [5, 5.41) is 22.1. The number of aromatic nitrogens is 1. The Labute approximate surface area is 267 Å². The molecule has 1 aromatic heterocycles. The molecular weight excluding hydrogens is 618 g/mol. The van der Waals surface area contributed by atoms with Crippen LogP contribution >= 0.6 is 11.8 Å². The SMILES string of the molecule is CC(C)(C)OC(=O)N(COCC[Si](C)(C)C)C1=N[C@](C)(c2cc(NC(=O)c3ccc(C#N)cn3)ccc2F)C2C[C@]2(C(=O)O)S1. The van der Waals surface area contributed by atoms with Crippen molar-refractivity contribution >= 4 is 48.7 Å². The van der Waals surface area contributed by atoms with E-state index in [1.807, 2.05) is 6.07 Å². The first-order valence-electron chi connectivity index (χ1n) is 14.5. The third-order valence-corrected chi connectivity index (χ3v) is 10.7. The number of amidine groups is 1. The van der Waals surface area contributed by atoms with Gasteiger partial charge in [-0.3, -0.25) is 14.6 Å². The minimum Gasteiger partial charge on any atom is -0.480 e. The molecule has 45 heavy (non-hydrogen) atoms. The molecule has 0 spiro atoms. The molecule has 2 amide bonds. The van der Waals surface area contributed by atoms with Gasteiger partial charge >= 0.3 is 12.1 Å². The highest BCUT2D eigenvalue weighted by Gasteiger charge is 2.72. The van der Waals surface area contributed by atoms with Crippen molar-refractivity contribution in [3.63, 3.8) is 0 Å². The number of hydrogen-bond donors (Lipinski definition) is 2. The number of ether oxygens (including phenoxy) is 2. The number of nitrogens with one attached hydrogen (secondary N) is 1. The number of carboxylic acid groups (broad SMARTS) is 1. The van der Waals surface area contributed by atoms with E-state index in [2.05, 4.69) is 29.9 Å². The van der Waals surface area contributed by atoms with Gasteiger partial charge in [0.05, 0.1) is 11.1 Å². The number of rotatable bonds is 9. The van der Waals surface area contributed by atoms with E-state index in [9.17, 15) is 19.5 Å². The summed E-state index contributed by atoms with van der Waals surface area (Å²) in [7, 11) is -1.44. The van der Waals surface area contributed by atoms with E-state index in [1.54, 1.807) is 27.7 Å². The molecule has 0 saturated heterocycles. The Bertz CT molecular complexity index is 1570. The smallest absolute Gasteiger partial charge is 0.418 e. The van der Waals surface area contributed by atoms with Crippen LogP contribution in [0.4, 0.5) is 14.9 Å². The van der Waals surface area contributed by atoms with E-state index >= 15 is 4.39 Å². The Morgan fingerprint density at radius 1 is 1.24 bits per heavy atom. The minimum absolute atomic E-state index is 0.0477. The third-order valence-electron chi connectivity index (χ3n) is 7.51. The predicted molar refractivity (Wildman–Crippen MR) is 171 cm³/mol. The van der Waals surface area contributed by atoms with Crippen LogP contribution < -0.4 is 5.32 Å². The zero-order valence-corrected chi connectivity index (χ0v) is 28.2. The summed E-state index contributed by atoms with van der Waals surface area (Å²) in [5.74, 6) is -2.94. The van der Waals surface area contributed by atoms with Gasteiger partial charge in [-0.2, -0.15) is 5.26 Å². The van der Waals surface area contributed by atoms with Gasteiger partial charge in [0, 0.05) is 38.0 Å². The molecule has 14 heteroatoms. The summed E-state index contributed by atoms with van der Waals surface area (Å²) in [6.07, 6.45) is 0.687. The number of thioether (sulfide) groups is 1. The average molecular weight is 656 g/mol. The Hall–Kier alpha value is -3.80. The number of aliphatic imine (C=N–C) groups is 1. The van der Waals surface area contributed by atoms with E-state index in [0.29, 0.717) is 12.2 Å². The number of benzene rings is 1. The van der Waals surface area contributed by atoms with Crippen LogP contribution in [0.2, 0.25) is 25.7 Å². The number of nitrogens with zero attached hydrogens (tertiary/aromatic N) is 4. The number of amides is 2. The van der Waals surface area contributed by atoms with Crippen molar-refractivity contribution in [2.24, 2.45) is 10.9 Å². The fraction of sp³-hybridized carbons (Fsp3) is 0.484. The highest BCUT2D eigenvalue weighted by molar-refractivity contribution is 8.15. The van der Waals surface area contributed by atoms with Crippen LogP contribution in [0.15, 0.2) is 41.5 Å². The Balaban J connectivity index is 1.71. The second kappa shape index (κ2) is 12.5. The first-order valence-corrected chi connectivity index (χ1v) is 19.0. The highest BCUT2D eigenvalue weighted by Crippen LogP contribution is 2.66. The summed E-state index contributed by atoms with van der Waals surface area (Å²) < 4.78 is 25.8. The molecule has 1 unspecified atom stereocenters. The van der Waals surface area contributed by atoms with Crippen LogP contribution in [0.3, 0.4) is 0 Å². The number of carbonyl (C=O) groups is 3. The Morgan fingerprint density at radius 3 is 2.53 bits per heavy atom. The van der Waals surface area contributed by atoms with Crippen LogP contribution in [0.25, 0.3) is 0 Å². The van der Waals surface area contributed by atoms with Gasteiger partial charge in [-0.25, -0.2) is 19.1 Å². The molecule has 0 radical (unpaired) electrons. The van der Waals surface area contributed by atoms with Gasteiger partial charge in [0.15, 0.2) is 5.17 Å². The molecule has 240 valence electrons. The Kier molecular flexibility index (Phi) is 9.49. The Morgan fingerprint density at radius 2 is 1.96 bits per heavy atom. The summed E-state index contributed by atoms with van der Waals surface area (Å²) >= 11 is 0.941. The maximum Gasteiger partial charge on any atom is 0.418 e. The lowest BCUT2D eigenvalue weighted by Crippen LogP contribution is -2.47. The quantitative estimate of drug-likeness (QED) is 0.186. The monoisotopic (exact) mass is 655 g/mol. The lowest BCUT2D eigenvalue weighted by Gasteiger charge is -2.37. The van der Waals surface area contributed by atoms with Crippen LogP contribution in [-0.2, 0) is 19.8 Å². The summed E-state index contributed by atoms with van der Waals surface area (Å²) in [5.41, 5.74) is -1.64. The first kappa shape index (κ1) is 34.1. The number of fused-ring (bicyclic) bond motifs is 1. The lowest BCUT2D eigenvalue weighted by molar-refractivity contribution is -0.137. The third kappa shape index (κ3) is 7.71. The maximum atomic E-state index is 15.6. The van der Waals surface area contributed by atoms with Gasteiger partial charge in [-0.1, -0.05) is 31.4 Å². The van der Waals surface area contributed by atoms with Crippen LogP contribution in [0, 0.1) is 23.1 Å². The van der Waals surface area contributed by atoms with Crippen molar-refractivity contribution in [2.45, 2.75) is 75.7 Å². The summed E-state index contributed by atoms with van der Waals surface area (Å²) in [6, 6.07) is 9.61. The molecule has 2 heterocycles. The average Bonchev–Trinajstić information content (AvgIpc) is 3.70. The molecule has 1 saturated carbocycles. The van der Waals surface area contributed by atoms with E-state index in [1.165, 1.54) is 41.4 Å². The lowest BCUT2D eigenvalue weighted by atomic mass is 9.85. The second-order valence-corrected chi connectivity index (χ2v) is 20.5. The first-order chi connectivity index (χ1) is 20.9. The van der Waals surface area contributed by atoms with E-state index in [4.69, 9.17) is 19.7 Å². The molecule has 1 aliphatic carbocycles. The molecule has 11 nitrogen and oxygen atoms in total. The normalized spacial score (nSPS) is 22.4. The molecule has 1 aromatic carbocycles. The van der Waals surface area contributed by atoms with Crippen molar-refractivity contribution in [1.29, 1.82) is 5.26 Å². The van der Waals surface area contributed by atoms with Crippen molar-refractivity contribution in [2.75, 3.05) is 18.7 Å². The number of hydrogen-bond acceptors (Lipinski definition) is 9. The molecule has 2 aliphatic rings. The fourth-order valence-electron chi connectivity index (χ4n) is 4.93. The standard InChI is InChI=1S/C31H38FN5O6SSi/c1-29(2,3)43-28(41)37(18-42-12-13-45(5,6)7)27-36-30(4,24-15-31(24,44-27)26(39)40)21-14-20(9-10-22(21)32)35-25(38)23-11-8-19(16-33)17-34-23/h8-11,14,17,24H,12-13,15,18H2,1-7H3,(H,35,38)(H,39,40)/t24?,30-,31+/m1/s1. The van der Waals surface area contributed by atoms with Crippen molar-refractivity contribution < 1.29 is 33.4 Å². The van der Waals surface area contributed by atoms with Gasteiger partial charge < -0.3 is 19.9 Å². The number of aliphatic carboxylic acids is 1. The number of anilines is 1. The molecule has 2 aromatic rings. The summed E-state index contributed by atoms with van der Waals surface area (Å²) in [4.78, 5) is 49.0. The molecule has 3 atom stereocenters. The topological polar surface area (TPSA) is 154 Å². The van der Waals surface area contributed by atoms with Gasteiger partial charge in [0.2, 0.25) is 0 Å². The van der Waals surface area contributed by atoms with E-state index in [-0.39, 0.29) is 35.3 Å². The largest absolute Gasteiger partial charge is 0.480 e. The summed E-state index contributed by atoms with van der Waals surface area (Å²) in [6.45, 7) is 13.5. The van der Waals surface area contributed by atoms with Crippen LogP contribution in [0.5, 0.6) is 0 Å². The zero-order chi connectivity index (χ0) is 33.4. The fourth-order valence-corrected chi connectivity index (χ4v) is 7.20. The highest BCUT2D eigenvalue weighted by atomic mass is 32.2. The van der Waals surface area contributed by atoms with Crippen LogP contribution in [0.1, 0.15) is 55.7 Å². The van der Waals surface area contributed by atoms with Gasteiger partial charge in [0.25, 0.3) is 5.91 Å². The number of carboxylic acids is 1. The number of nitriles is 1. The molecule has 1 aliphatic heterocycles. The molecule has 4 rings (SSSR count). The zero-order valence-electron chi connectivity index (χ0n) is 26.4. The van der Waals surface area contributed by atoms with Gasteiger partial charge in [-0.15, -0.1) is 0 Å². The van der Waals surface area contributed by atoms with Crippen LogP contribution in [-0.4, -0.2) is 69.9 Å². The number of pyridine rings is 1. The number of halogens is 1. The molecular formula is C31H38FN5O6SSi. The van der Waals surface area contributed by atoms with Gasteiger partial charge in [-0.05, 0) is 70.5 Å². The van der Waals surface area contributed by atoms with Crippen molar-refractivity contribution in [1.82, 2.24) is 9.88 Å². The molecule has 0 bridgehead atoms. The van der Waals surface area contributed by atoms with Crippen molar-refractivity contribution in [3.05, 3.63) is 59.2 Å². The molecule has 1 fully saturated rings. The minimum atomic E-state index is -1.44. The van der Waals surface area contributed by atoms with Gasteiger partial charge in [0.1, 0.15) is 34.7 Å². The number of carbonyl (C=O) groups excluding carboxylic acids is 2.